The molecule has 0 atom stereocenters. The molecule has 0 radical (unpaired) electrons. The molecule has 0 heterocycles. The number of nitrogens with zero attached hydrogens (tertiary/aromatic N) is 1. The monoisotopic (exact) mass is 493 g/mol. The predicted molar refractivity (Wildman–Crippen MR) is 128 cm³/mol. The molecule has 0 unspecified atom stereocenters. The summed E-state index contributed by atoms with van der Waals surface area (Å²) in [5, 5.41) is 2.42. The smallest absolute Gasteiger partial charge is 0.174 e. The van der Waals surface area contributed by atoms with Crippen molar-refractivity contribution in [2.75, 3.05) is 7.11 Å². The molecular weight excluding hydrogens is 473 g/mol. The van der Waals surface area contributed by atoms with Gasteiger partial charge in [0.15, 0.2) is 11.5 Å². The summed E-state index contributed by atoms with van der Waals surface area (Å²) in [6.07, 6.45) is 1.84. The third kappa shape index (κ3) is 4.59. The third-order valence-electron chi connectivity index (χ3n) is 4.62. The van der Waals surface area contributed by atoms with Crippen molar-refractivity contribution in [1.82, 2.24) is 0 Å². The molecule has 0 bridgehead atoms. The summed E-state index contributed by atoms with van der Waals surface area (Å²) < 4.78 is 12.8. The number of hydrogen-bond donors (Lipinski definition) is 0. The van der Waals surface area contributed by atoms with Gasteiger partial charge in [0.1, 0.15) is 6.61 Å². The highest BCUT2D eigenvalue weighted by Gasteiger charge is 2.12. The van der Waals surface area contributed by atoms with Crippen molar-refractivity contribution < 1.29 is 9.47 Å². The first kappa shape index (κ1) is 19.5. The number of ether oxygens (including phenoxy) is 2. The molecule has 3 nitrogen and oxygen atoms in total. The number of rotatable bonds is 6. The fourth-order valence-electron chi connectivity index (χ4n) is 3.19. The Morgan fingerprint density at radius 2 is 1.66 bits per heavy atom. The molecule has 0 aromatic heterocycles. The Bertz CT molecular complexity index is 1150. The Kier molecular flexibility index (Phi) is 6.10. The van der Waals surface area contributed by atoms with Crippen LogP contribution < -0.4 is 9.47 Å². The number of fused-ring (bicyclic) bond motifs is 1. The van der Waals surface area contributed by atoms with Gasteiger partial charge in [0.2, 0.25) is 0 Å². The average Bonchev–Trinajstić information content (AvgIpc) is 2.77. The van der Waals surface area contributed by atoms with Crippen molar-refractivity contribution in [2.24, 2.45) is 4.99 Å². The van der Waals surface area contributed by atoms with Crippen LogP contribution in [0.3, 0.4) is 0 Å². The van der Waals surface area contributed by atoms with E-state index in [4.69, 9.17) is 9.47 Å². The Hall–Kier alpha value is -2.86. The summed E-state index contributed by atoms with van der Waals surface area (Å²) in [6, 6.07) is 28.5. The molecule has 0 aliphatic heterocycles. The number of para-hydroxylation sites is 1. The highest BCUT2D eigenvalue weighted by molar-refractivity contribution is 14.1. The van der Waals surface area contributed by atoms with Crippen molar-refractivity contribution in [1.29, 1.82) is 0 Å². The van der Waals surface area contributed by atoms with Crippen LogP contribution in [0.1, 0.15) is 11.1 Å². The van der Waals surface area contributed by atoms with Crippen LogP contribution in [-0.4, -0.2) is 13.3 Å². The number of aliphatic imine (C=N–C) groups is 1. The highest BCUT2D eigenvalue weighted by atomic mass is 127. The number of methoxy groups -OCH3 is 1. The van der Waals surface area contributed by atoms with E-state index in [0.717, 1.165) is 26.1 Å². The van der Waals surface area contributed by atoms with Crippen molar-refractivity contribution in [2.45, 2.75) is 6.61 Å². The normalized spacial score (nSPS) is 11.1. The van der Waals surface area contributed by atoms with E-state index in [0.29, 0.717) is 12.4 Å². The third-order valence-corrected chi connectivity index (χ3v) is 5.42. The van der Waals surface area contributed by atoms with Crippen molar-refractivity contribution in [3.05, 3.63) is 99.6 Å². The first-order valence-corrected chi connectivity index (χ1v) is 10.4. The van der Waals surface area contributed by atoms with Crippen LogP contribution in [-0.2, 0) is 6.61 Å². The van der Waals surface area contributed by atoms with Gasteiger partial charge in [-0.25, -0.2) is 0 Å². The van der Waals surface area contributed by atoms with E-state index < -0.39 is 0 Å². The summed E-state index contributed by atoms with van der Waals surface area (Å²) in [5.41, 5.74) is 3.03. The summed E-state index contributed by atoms with van der Waals surface area (Å²) in [4.78, 5) is 4.53. The van der Waals surface area contributed by atoms with Crippen LogP contribution in [0.4, 0.5) is 5.69 Å². The molecule has 4 rings (SSSR count). The highest BCUT2D eigenvalue weighted by Crippen LogP contribution is 2.34. The van der Waals surface area contributed by atoms with Crippen LogP contribution in [0.25, 0.3) is 10.8 Å². The van der Waals surface area contributed by atoms with Gasteiger partial charge in [-0.15, -0.1) is 0 Å². The summed E-state index contributed by atoms with van der Waals surface area (Å²) in [6.45, 7) is 0.477. The van der Waals surface area contributed by atoms with E-state index in [1.807, 2.05) is 48.7 Å². The standard InChI is InChI=1S/C25H20INO2/c1-28-24-15-18(16-27-21-11-3-2-4-12-21)14-23(26)25(24)29-17-20-10-7-9-19-8-5-6-13-22(19)20/h2-16H,17H2,1H3. The van der Waals surface area contributed by atoms with Crippen LogP contribution in [0.15, 0.2) is 89.9 Å². The van der Waals surface area contributed by atoms with E-state index >= 15 is 0 Å². The van der Waals surface area contributed by atoms with Gasteiger partial charge in [0, 0.05) is 6.21 Å². The summed E-state index contributed by atoms with van der Waals surface area (Å²) >= 11 is 2.28. The van der Waals surface area contributed by atoms with Crippen molar-refractivity contribution in [3.63, 3.8) is 0 Å². The average molecular weight is 493 g/mol. The van der Waals surface area contributed by atoms with E-state index in [2.05, 4.69) is 70.0 Å². The molecule has 4 aromatic rings. The van der Waals surface area contributed by atoms with E-state index in [-0.39, 0.29) is 0 Å². The first-order valence-electron chi connectivity index (χ1n) is 9.30. The van der Waals surface area contributed by atoms with E-state index in [1.165, 1.54) is 10.8 Å². The van der Waals surface area contributed by atoms with Gasteiger partial charge in [-0.3, -0.25) is 4.99 Å². The Morgan fingerprint density at radius 3 is 2.48 bits per heavy atom. The zero-order valence-electron chi connectivity index (χ0n) is 16.0. The predicted octanol–water partition coefficient (Wildman–Crippen LogP) is 6.78. The zero-order chi connectivity index (χ0) is 20.1. The molecule has 0 aliphatic rings. The van der Waals surface area contributed by atoms with Gasteiger partial charge in [0.05, 0.1) is 16.4 Å². The van der Waals surface area contributed by atoms with Gasteiger partial charge in [-0.05, 0) is 68.8 Å². The van der Waals surface area contributed by atoms with Gasteiger partial charge in [0.25, 0.3) is 0 Å². The minimum absolute atomic E-state index is 0.477. The molecule has 0 fully saturated rings. The van der Waals surface area contributed by atoms with Gasteiger partial charge >= 0.3 is 0 Å². The maximum absolute atomic E-state index is 6.19. The largest absolute Gasteiger partial charge is 0.493 e. The minimum Gasteiger partial charge on any atom is -0.493 e. The molecule has 144 valence electrons. The fraction of sp³-hybridized carbons (Fsp3) is 0.0800. The van der Waals surface area contributed by atoms with Crippen molar-refractivity contribution >= 4 is 45.3 Å². The molecule has 0 N–H and O–H groups in total. The maximum Gasteiger partial charge on any atom is 0.174 e. The van der Waals surface area contributed by atoms with Crippen LogP contribution in [0, 0.1) is 3.57 Å². The summed E-state index contributed by atoms with van der Waals surface area (Å²) in [5.74, 6) is 1.45. The lowest BCUT2D eigenvalue weighted by Crippen LogP contribution is -2.01. The fourth-order valence-corrected chi connectivity index (χ4v) is 3.97. The molecule has 0 spiro atoms. The Labute approximate surface area is 184 Å². The minimum atomic E-state index is 0.477. The first-order chi connectivity index (χ1) is 14.2. The van der Waals surface area contributed by atoms with E-state index in [9.17, 15) is 0 Å². The Balaban J connectivity index is 1.58. The summed E-state index contributed by atoms with van der Waals surface area (Å²) in [7, 11) is 1.66. The SMILES string of the molecule is COc1cc(C=Nc2ccccc2)cc(I)c1OCc1cccc2ccccc12. The second kappa shape index (κ2) is 9.09. The second-order valence-electron chi connectivity index (χ2n) is 6.55. The lowest BCUT2D eigenvalue weighted by atomic mass is 10.1. The van der Waals surface area contributed by atoms with E-state index in [1.54, 1.807) is 7.11 Å². The Morgan fingerprint density at radius 1 is 0.897 bits per heavy atom. The second-order valence-corrected chi connectivity index (χ2v) is 7.72. The number of halogens is 1. The molecule has 0 aliphatic carbocycles. The molecule has 0 amide bonds. The molecule has 0 saturated heterocycles. The van der Waals surface area contributed by atoms with Crippen LogP contribution in [0.5, 0.6) is 11.5 Å². The molecular formula is C25H20INO2. The van der Waals surface area contributed by atoms with Crippen LogP contribution in [0.2, 0.25) is 0 Å². The molecule has 4 aromatic carbocycles. The van der Waals surface area contributed by atoms with Crippen molar-refractivity contribution in [3.8, 4) is 11.5 Å². The number of hydrogen-bond acceptors (Lipinski definition) is 3. The van der Waals surface area contributed by atoms with Gasteiger partial charge < -0.3 is 9.47 Å². The lowest BCUT2D eigenvalue weighted by molar-refractivity contribution is 0.283. The molecule has 4 heteroatoms. The maximum atomic E-state index is 6.19. The molecule has 29 heavy (non-hydrogen) atoms. The van der Waals surface area contributed by atoms with Crippen LogP contribution >= 0.6 is 22.6 Å². The zero-order valence-corrected chi connectivity index (χ0v) is 18.2. The van der Waals surface area contributed by atoms with Gasteiger partial charge in [-0.2, -0.15) is 0 Å². The number of benzene rings is 4. The van der Waals surface area contributed by atoms with Gasteiger partial charge in [-0.1, -0.05) is 60.7 Å². The topological polar surface area (TPSA) is 30.8 Å². The lowest BCUT2D eigenvalue weighted by Gasteiger charge is -2.14. The quantitative estimate of drug-likeness (QED) is 0.219. The molecule has 0 saturated carbocycles.